The summed E-state index contributed by atoms with van der Waals surface area (Å²) < 4.78 is 15.8. The van der Waals surface area contributed by atoms with E-state index in [1.54, 1.807) is 36.4 Å². The number of hydrogen-bond acceptors (Lipinski definition) is 7. The number of hydrogen-bond donors (Lipinski definition) is 3. The van der Waals surface area contributed by atoms with Crippen LogP contribution in [0.15, 0.2) is 48.5 Å². The number of methoxy groups -OCH3 is 1. The molecule has 2 aromatic rings. The van der Waals surface area contributed by atoms with Crippen LogP contribution in [0, 0.1) is 5.92 Å². The van der Waals surface area contributed by atoms with Gasteiger partial charge in [0, 0.05) is 11.6 Å². The molecule has 0 aliphatic rings. The molecule has 0 radical (unpaired) electrons. The van der Waals surface area contributed by atoms with Gasteiger partial charge in [0.05, 0.1) is 19.5 Å². The molecule has 0 saturated carbocycles. The molecule has 0 unspecified atom stereocenters. The van der Waals surface area contributed by atoms with Crippen LogP contribution in [0.2, 0.25) is 0 Å². The zero-order chi connectivity index (χ0) is 21.2. The molecule has 2 N–H and O–H groups in total. The van der Waals surface area contributed by atoms with E-state index < -0.39 is 18.2 Å². The molecule has 0 aliphatic carbocycles. The highest BCUT2D eigenvalue weighted by molar-refractivity contribution is 7.81. The number of thiol groups is 1. The fraction of sp³-hybridized carbons (Fsp3) is 0.333. The number of carbonyl (C=O) groups is 2. The first kappa shape index (κ1) is 22.4. The monoisotopic (exact) mass is 419 g/mol. The summed E-state index contributed by atoms with van der Waals surface area (Å²) in [5.74, 6) is -0.355. The van der Waals surface area contributed by atoms with Crippen molar-refractivity contribution < 1.29 is 28.9 Å². The van der Waals surface area contributed by atoms with Crippen LogP contribution in [0.5, 0.6) is 11.5 Å². The van der Waals surface area contributed by atoms with Gasteiger partial charge in [0.25, 0.3) is 0 Å². The van der Waals surface area contributed by atoms with E-state index in [9.17, 15) is 14.7 Å². The third kappa shape index (κ3) is 6.90. The van der Waals surface area contributed by atoms with Crippen molar-refractivity contribution in [1.82, 2.24) is 0 Å². The predicted molar refractivity (Wildman–Crippen MR) is 113 cm³/mol. The Morgan fingerprint density at radius 1 is 1.17 bits per heavy atom. The van der Waals surface area contributed by atoms with Gasteiger partial charge in [-0.1, -0.05) is 31.2 Å². The molecule has 2 rings (SSSR count). The van der Waals surface area contributed by atoms with Gasteiger partial charge in [-0.25, -0.2) is 4.79 Å². The SMILES string of the molecule is COc1ccc([C@@H](OC(=O)Nc2ccccc2)[C@H](C)CCOC(=O)CS)cc1O. The van der Waals surface area contributed by atoms with Crippen molar-refractivity contribution in [2.75, 3.05) is 24.8 Å². The molecule has 2 aromatic carbocycles. The lowest BCUT2D eigenvalue weighted by molar-refractivity contribution is -0.141. The first-order chi connectivity index (χ1) is 13.9. The van der Waals surface area contributed by atoms with Crippen LogP contribution in [-0.4, -0.2) is 36.6 Å². The Kier molecular flexibility index (Phi) is 8.67. The summed E-state index contributed by atoms with van der Waals surface area (Å²) in [7, 11) is 1.45. The first-order valence-corrected chi connectivity index (χ1v) is 9.74. The van der Waals surface area contributed by atoms with E-state index in [1.807, 2.05) is 13.0 Å². The van der Waals surface area contributed by atoms with Gasteiger partial charge < -0.3 is 19.3 Å². The lowest BCUT2D eigenvalue weighted by Gasteiger charge is -2.25. The molecule has 0 aromatic heterocycles. The van der Waals surface area contributed by atoms with Crippen LogP contribution in [-0.2, 0) is 14.3 Å². The number of esters is 1. The van der Waals surface area contributed by atoms with Crippen molar-refractivity contribution in [3.05, 3.63) is 54.1 Å². The minimum absolute atomic E-state index is 0.000142. The van der Waals surface area contributed by atoms with Gasteiger partial charge in [0.1, 0.15) is 6.10 Å². The predicted octanol–water partition coefficient (Wildman–Crippen LogP) is 4.19. The second kappa shape index (κ2) is 11.2. The van der Waals surface area contributed by atoms with Gasteiger partial charge in [-0.2, -0.15) is 12.6 Å². The van der Waals surface area contributed by atoms with Crippen molar-refractivity contribution in [3.8, 4) is 11.5 Å². The number of amides is 1. The first-order valence-electron chi connectivity index (χ1n) is 9.10. The molecule has 7 nitrogen and oxygen atoms in total. The molecule has 0 heterocycles. The molecule has 29 heavy (non-hydrogen) atoms. The Morgan fingerprint density at radius 2 is 1.90 bits per heavy atom. The normalized spacial score (nSPS) is 12.5. The largest absolute Gasteiger partial charge is 0.504 e. The van der Waals surface area contributed by atoms with E-state index in [1.165, 1.54) is 13.2 Å². The highest BCUT2D eigenvalue weighted by atomic mass is 32.1. The quantitative estimate of drug-likeness (QED) is 0.417. The molecule has 156 valence electrons. The second-order valence-corrected chi connectivity index (χ2v) is 6.71. The Bertz CT molecular complexity index is 814. The Hall–Kier alpha value is -2.87. The number of benzene rings is 2. The topological polar surface area (TPSA) is 94.1 Å². The van der Waals surface area contributed by atoms with Crippen molar-refractivity contribution in [1.29, 1.82) is 0 Å². The number of ether oxygens (including phenoxy) is 3. The maximum Gasteiger partial charge on any atom is 0.412 e. The highest BCUT2D eigenvalue weighted by Gasteiger charge is 2.25. The van der Waals surface area contributed by atoms with E-state index in [-0.39, 0.29) is 24.0 Å². The summed E-state index contributed by atoms with van der Waals surface area (Å²) in [6.07, 6.45) is -0.851. The molecule has 0 aliphatic heterocycles. The van der Waals surface area contributed by atoms with Crippen molar-refractivity contribution in [2.45, 2.75) is 19.4 Å². The standard InChI is InChI=1S/C21H25NO6S/c1-14(10-11-27-19(24)13-29)20(15-8-9-18(26-2)17(23)12-15)28-21(25)22-16-6-4-3-5-7-16/h3-9,12,14,20,23,29H,10-11,13H2,1-2H3,(H,22,25)/t14-,20+/m1/s1. The van der Waals surface area contributed by atoms with Crippen LogP contribution < -0.4 is 10.1 Å². The third-order valence-corrected chi connectivity index (χ3v) is 4.53. The number of phenols is 1. The van der Waals surface area contributed by atoms with Crippen LogP contribution >= 0.6 is 12.6 Å². The van der Waals surface area contributed by atoms with Crippen molar-refractivity contribution in [2.24, 2.45) is 5.92 Å². The van der Waals surface area contributed by atoms with E-state index in [2.05, 4.69) is 17.9 Å². The Balaban J connectivity index is 2.14. The Morgan fingerprint density at radius 3 is 2.52 bits per heavy atom. The average molecular weight is 419 g/mol. The summed E-state index contributed by atoms with van der Waals surface area (Å²) in [5, 5.41) is 12.8. The smallest absolute Gasteiger partial charge is 0.412 e. The molecule has 0 spiro atoms. The second-order valence-electron chi connectivity index (χ2n) is 6.39. The van der Waals surface area contributed by atoms with Crippen molar-refractivity contribution in [3.63, 3.8) is 0 Å². The fourth-order valence-corrected chi connectivity index (χ4v) is 2.83. The van der Waals surface area contributed by atoms with Crippen LogP contribution in [0.3, 0.4) is 0 Å². The minimum Gasteiger partial charge on any atom is -0.504 e. The highest BCUT2D eigenvalue weighted by Crippen LogP contribution is 2.34. The summed E-state index contributed by atoms with van der Waals surface area (Å²) in [6.45, 7) is 2.04. The maximum absolute atomic E-state index is 12.4. The zero-order valence-corrected chi connectivity index (χ0v) is 17.2. The molecular weight excluding hydrogens is 394 g/mol. The number of carbonyl (C=O) groups excluding carboxylic acids is 2. The number of aromatic hydroxyl groups is 1. The lowest BCUT2D eigenvalue weighted by atomic mass is 9.94. The molecule has 8 heteroatoms. The number of phenolic OH excluding ortho intramolecular Hbond substituents is 1. The van der Waals surface area contributed by atoms with Gasteiger partial charge in [0.2, 0.25) is 0 Å². The number of nitrogens with one attached hydrogen (secondary N) is 1. The maximum atomic E-state index is 12.4. The molecule has 1 amide bonds. The minimum atomic E-state index is -0.676. The van der Waals surface area contributed by atoms with E-state index in [0.29, 0.717) is 23.4 Å². The van der Waals surface area contributed by atoms with Gasteiger partial charge in [0.15, 0.2) is 11.5 Å². The third-order valence-electron chi connectivity index (χ3n) is 4.27. The van der Waals surface area contributed by atoms with E-state index in [0.717, 1.165) is 0 Å². The molecule has 2 atom stereocenters. The van der Waals surface area contributed by atoms with Gasteiger partial charge in [-0.05, 0) is 36.2 Å². The molecule has 0 bridgehead atoms. The van der Waals surface area contributed by atoms with Gasteiger partial charge in [-0.15, -0.1) is 0 Å². The average Bonchev–Trinajstić information content (AvgIpc) is 2.72. The molecule has 0 saturated heterocycles. The number of para-hydroxylation sites is 1. The van der Waals surface area contributed by atoms with Crippen LogP contribution in [0.1, 0.15) is 25.0 Å². The fourth-order valence-electron chi connectivity index (χ4n) is 2.74. The Labute approximate surface area is 175 Å². The van der Waals surface area contributed by atoms with Crippen LogP contribution in [0.4, 0.5) is 10.5 Å². The van der Waals surface area contributed by atoms with E-state index in [4.69, 9.17) is 14.2 Å². The summed E-state index contributed by atoms with van der Waals surface area (Å²) >= 11 is 3.87. The van der Waals surface area contributed by atoms with E-state index >= 15 is 0 Å². The summed E-state index contributed by atoms with van der Waals surface area (Å²) in [6, 6.07) is 13.7. The van der Waals surface area contributed by atoms with Crippen molar-refractivity contribution >= 4 is 30.4 Å². The summed E-state index contributed by atoms with van der Waals surface area (Å²) in [4.78, 5) is 23.7. The van der Waals surface area contributed by atoms with Gasteiger partial charge in [-0.3, -0.25) is 10.1 Å². The van der Waals surface area contributed by atoms with Gasteiger partial charge >= 0.3 is 12.1 Å². The summed E-state index contributed by atoms with van der Waals surface area (Å²) in [5.41, 5.74) is 1.20. The molecular formula is C21H25NO6S. The lowest BCUT2D eigenvalue weighted by Crippen LogP contribution is -2.23. The number of rotatable bonds is 9. The number of anilines is 1. The zero-order valence-electron chi connectivity index (χ0n) is 16.3. The molecule has 0 fully saturated rings. The van der Waals surface area contributed by atoms with Crippen LogP contribution in [0.25, 0.3) is 0 Å².